The largest absolute Gasteiger partial charge is 0.497 e. The Morgan fingerprint density at radius 2 is 2.04 bits per heavy atom. The number of hydrogen-bond acceptors (Lipinski definition) is 3. The van der Waals surface area contributed by atoms with Gasteiger partial charge in [0.25, 0.3) is 0 Å². The number of ether oxygens (including phenoxy) is 3. The Labute approximate surface area is 166 Å². The third-order valence-electron chi connectivity index (χ3n) is 4.71. The summed E-state index contributed by atoms with van der Waals surface area (Å²) in [5.74, 6) is 0.881. The summed E-state index contributed by atoms with van der Waals surface area (Å²) in [5.41, 5.74) is 1.18. The molecule has 1 fully saturated rings. The minimum Gasteiger partial charge on any atom is -0.497 e. The van der Waals surface area contributed by atoms with E-state index in [4.69, 9.17) is 14.2 Å². The summed E-state index contributed by atoms with van der Waals surface area (Å²) in [5, 5.41) is 0. The lowest BCUT2D eigenvalue weighted by molar-refractivity contribution is -0.0733. The molecule has 3 nitrogen and oxygen atoms in total. The molecule has 0 aliphatic carbocycles. The third-order valence-corrected chi connectivity index (χ3v) is 5.70. The fourth-order valence-electron chi connectivity index (χ4n) is 3.26. The summed E-state index contributed by atoms with van der Waals surface area (Å²) >= 11 is 2.43. The number of rotatable bonds is 11. The maximum absolute atomic E-state index is 6.26. The molecule has 1 saturated heterocycles. The van der Waals surface area contributed by atoms with Gasteiger partial charge in [-0.2, -0.15) is 0 Å². The standard InChI is InChI=1S/C21H31IO3/c1-3-4-5-7-19(14-20-8-6-9-21(15-22)25-20)24-16-17-10-12-18(23-2)13-11-17/h3,10-13,19-21H,1,4-9,14-16H2,2H3/t19-,20-,21-/m0/s1. The SMILES string of the molecule is C=CCCC[C@@H](C[C@@H]1CCC[C@@H](CI)O1)OCc1ccc(OC)cc1. The Hall–Kier alpha value is -0.590. The first kappa shape index (κ1) is 20.7. The minimum absolute atomic E-state index is 0.250. The maximum Gasteiger partial charge on any atom is 0.118 e. The fraction of sp³-hybridized carbons (Fsp3) is 0.619. The molecule has 1 aliphatic rings. The predicted octanol–water partition coefficient (Wildman–Crippen LogP) is 5.70. The molecule has 0 saturated carbocycles. The van der Waals surface area contributed by atoms with Crippen LogP contribution in [0.1, 0.15) is 50.5 Å². The van der Waals surface area contributed by atoms with E-state index in [1.807, 2.05) is 18.2 Å². The molecule has 140 valence electrons. The van der Waals surface area contributed by atoms with Crippen molar-refractivity contribution in [3.63, 3.8) is 0 Å². The van der Waals surface area contributed by atoms with Crippen LogP contribution >= 0.6 is 22.6 Å². The topological polar surface area (TPSA) is 27.7 Å². The highest BCUT2D eigenvalue weighted by atomic mass is 127. The summed E-state index contributed by atoms with van der Waals surface area (Å²) in [4.78, 5) is 0. The van der Waals surface area contributed by atoms with Crippen molar-refractivity contribution in [2.24, 2.45) is 0 Å². The van der Waals surface area contributed by atoms with Crippen molar-refractivity contribution in [2.75, 3.05) is 11.5 Å². The molecule has 3 atom stereocenters. The fourth-order valence-corrected chi connectivity index (χ4v) is 3.90. The van der Waals surface area contributed by atoms with Gasteiger partial charge in [-0.05, 0) is 62.6 Å². The molecule has 1 heterocycles. The van der Waals surface area contributed by atoms with Gasteiger partial charge in [0.05, 0.1) is 32.0 Å². The summed E-state index contributed by atoms with van der Waals surface area (Å²) < 4.78 is 18.8. The van der Waals surface area contributed by atoms with Crippen LogP contribution in [0.3, 0.4) is 0 Å². The van der Waals surface area contributed by atoms with Gasteiger partial charge in [0, 0.05) is 4.43 Å². The van der Waals surface area contributed by atoms with Gasteiger partial charge in [-0.15, -0.1) is 6.58 Å². The van der Waals surface area contributed by atoms with Crippen molar-refractivity contribution in [1.82, 2.24) is 0 Å². The average Bonchev–Trinajstić information content (AvgIpc) is 2.66. The number of unbranched alkanes of at least 4 members (excludes halogenated alkanes) is 1. The predicted molar refractivity (Wildman–Crippen MR) is 112 cm³/mol. The van der Waals surface area contributed by atoms with Crippen LogP contribution in [0, 0.1) is 0 Å². The second-order valence-corrected chi connectivity index (χ2v) is 7.58. The molecule has 0 bridgehead atoms. The average molecular weight is 458 g/mol. The second-order valence-electron chi connectivity index (χ2n) is 6.70. The first-order valence-corrected chi connectivity index (χ1v) is 10.8. The molecular formula is C21H31IO3. The monoisotopic (exact) mass is 458 g/mol. The Kier molecular flexibility index (Phi) is 9.88. The number of hydrogen-bond donors (Lipinski definition) is 0. The van der Waals surface area contributed by atoms with Gasteiger partial charge >= 0.3 is 0 Å². The van der Waals surface area contributed by atoms with Crippen molar-refractivity contribution < 1.29 is 14.2 Å². The van der Waals surface area contributed by atoms with Gasteiger partial charge in [-0.3, -0.25) is 0 Å². The second kappa shape index (κ2) is 11.9. The Balaban J connectivity index is 1.86. The molecule has 25 heavy (non-hydrogen) atoms. The highest BCUT2D eigenvalue weighted by Crippen LogP contribution is 2.26. The molecule has 2 rings (SSSR count). The molecule has 0 amide bonds. The van der Waals surface area contributed by atoms with E-state index in [0.717, 1.165) is 42.3 Å². The van der Waals surface area contributed by atoms with Crippen LogP contribution in [-0.4, -0.2) is 29.8 Å². The zero-order chi connectivity index (χ0) is 17.9. The molecular weight excluding hydrogens is 427 g/mol. The van der Waals surface area contributed by atoms with Crippen LogP contribution < -0.4 is 4.74 Å². The Morgan fingerprint density at radius 3 is 2.72 bits per heavy atom. The lowest BCUT2D eigenvalue weighted by Crippen LogP contribution is -2.32. The van der Waals surface area contributed by atoms with Crippen molar-refractivity contribution in [1.29, 1.82) is 0 Å². The van der Waals surface area contributed by atoms with Crippen LogP contribution in [-0.2, 0) is 16.1 Å². The highest BCUT2D eigenvalue weighted by Gasteiger charge is 2.24. The molecule has 0 aromatic heterocycles. The van der Waals surface area contributed by atoms with E-state index < -0.39 is 0 Å². The van der Waals surface area contributed by atoms with E-state index in [2.05, 4.69) is 41.3 Å². The number of methoxy groups -OCH3 is 1. The summed E-state index contributed by atoms with van der Waals surface area (Å²) in [7, 11) is 1.69. The quantitative estimate of drug-likeness (QED) is 0.184. The smallest absolute Gasteiger partial charge is 0.118 e. The van der Waals surface area contributed by atoms with Crippen LogP contribution in [0.15, 0.2) is 36.9 Å². The summed E-state index contributed by atoms with van der Waals surface area (Å²) in [6.07, 6.45) is 10.9. The molecule has 1 aromatic rings. The van der Waals surface area contributed by atoms with Gasteiger partial charge in [0.1, 0.15) is 5.75 Å². The van der Waals surface area contributed by atoms with E-state index in [9.17, 15) is 0 Å². The number of alkyl halides is 1. The number of benzene rings is 1. The third kappa shape index (κ3) is 7.67. The minimum atomic E-state index is 0.250. The van der Waals surface area contributed by atoms with Crippen LogP contribution in [0.2, 0.25) is 0 Å². The number of allylic oxidation sites excluding steroid dienone is 1. The molecule has 0 radical (unpaired) electrons. The van der Waals surface area contributed by atoms with Crippen molar-refractivity contribution in [2.45, 2.75) is 69.9 Å². The molecule has 0 spiro atoms. The molecule has 0 N–H and O–H groups in total. The van der Waals surface area contributed by atoms with Crippen molar-refractivity contribution in [3.05, 3.63) is 42.5 Å². The van der Waals surface area contributed by atoms with Crippen LogP contribution in [0.25, 0.3) is 0 Å². The lowest BCUT2D eigenvalue weighted by Gasteiger charge is -2.31. The normalized spacial score (nSPS) is 21.7. The van der Waals surface area contributed by atoms with Gasteiger partial charge in [0.2, 0.25) is 0 Å². The van der Waals surface area contributed by atoms with E-state index >= 15 is 0 Å². The van der Waals surface area contributed by atoms with Gasteiger partial charge in [-0.1, -0.05) is 40.8 Å². The number of halogens is 1. The lowest BCUT2D eigenvalue weighted by atomic mass is 9.98. The van der Waals surface area contributed by atoms with Crippen molar-refractivity contribution in [3.8, 4) is 5.75 Å². The molecule has 0 unspecified atom stereocenters. The van der Waals surface area contributed by atoms with Gasteiger partial charge in [-0.25, -0.2) is 0 Å². The van der Waals surface area contributed by atoms with Crippen LogP contribution in [0.5, 0.6) is 5.75 Å². The van der Waals surface area contributed by atoms with Crippen molar-refractivity contribution >= 4 is 22.6 Å². The molecule has 1 aliphatic heterocycles. The zero-order valence-electron chi connectivity index (χ0n) is 15.3. The highest BCUT2D eigenvalue weighted by molar-refractivity contribution is 14.1. The van der Waals surface area contributed by atoms with Crippen LogP contribution in [0.4, 0.5) is 0 Å². The van der Waals surface area contributed by atoms with E-state index in [0.29, 0.717) is 18.8 Å². The summed E-state index contributed by atoms with van der Waals surface area (Å²) in [6.45, 7) is 4.47. The first-order valence-electron chi connectivity index (χ1n) is 9.32. The Bertz CT molecular complexity index is 488. The van der Waals surface area contributed by atoms with Gasteiger partial charge < -0.3 is 14.2 Å². The summed E-state index contributed by atoms with van der Waals surface area (Å²) in [6, 6.07) is 8.12. The molecule has 4 heteroatoms. The molecule has 1 aromatic carbocycles. The maximum atomic E-state index is 6.26. The Morgan fingerprint density at radius 1 is 1.28 bits per heavy atom. The first-order chi connectivity index (χ1) is 12.2. The van der Waals surface area contributed by atoms with E-state index in [1.54, 1.807) is 7.11 Å². The van der Waals surface area contributed by atoms with E-state index in [1.165, 1.54) is 18.4 Å². The zero-order valence-corrected chi connectivity index (χ0v) is 17.5. The van der Waals surface area contributed by atoms with Gasteiger partial charge in [0.15, 0.2) is 0 Å². The van der Waals surface area contributed by atoms with E-state index in [-0.39, 0.29) is 6.10 Å².